The van der Waals surface area contributed by atoms with Gasteiger partial charge in [-0.3, -0.25) is 25.0 Å². The fourth-order valence-corrected chi connectivity index (χ4v) is 1.88. The van der Waals surface area contributed by atoms with Crippen LogP contribution in [-0.4, -0.2) is 28.1 Å². The Morgan fingerprint density at radius 3 is 2.00 bits per heavy atom. The van der Waals surface area contributed by atoms with Crippen LogP contribution in [0.1, 0.15) is 12.5 Å². The predicted octanol–water partition coefficient (Wildman–Crippen LogP) is 2.42. The SMILES string of the molecule is CC(=NNC(=O)COc1ccc([N+](=O)[O-])cc1)c1ccc([N+](=O)[O-])cc1. The lowest BCUT2D eigenvalue weighted by molar-refractivity contribution is -0.385. The second kappa shape index (κ2) is 8.33. The van der Waals surface area contributed by atoms with Gasteiger partial charge in [-0.15, -0.1) is 0 Å². The van der Waals surface area contributed by atoms with E-state index in [2.05, 4.69) is 10.5 Å². The van der Waals surface area contributed by atoms with Crippen LogP contribution in [0.25, 0.3) is 0 Å². The molecule has 2 aromatic rings. The molecule has 10 nitrogen and oxygen atoms in total. The second-order valence-corrected chi connectivity index (χ2v) is 5.08. The minimum atomic E-state index is -0.536. The molecule has 0 aromatic heterocycles. The third-order valence-corrected chi connectivity index (χ3v) is 3.26. The molecule has 26 heavy (non-hydrogen) atoms. The van der Waals surface area contributed by atoms with E-state index in [4.69, 9.17) is 4.74 Å². The largest absolute Gasteiger partial charge is 0.484 e. The molecule has 0 radical (unpaired) electrons. The van der Waals surface area contributed by atoms with Gasteiger partial charge in [-0.2, -0.15) is 5.10 Å². The van der Waals surface area contributed by atoms with E-state index >= 15 is 0 Å². The lowest BCUT2D eigenvalue weighted by atomic mass is 10.1. The Balaban J connectivity index is 1.87. The molecule has 10 heteroatoms. The highest BCUT2D eigenvalue weighted by Gasteiger charge is 2.08. The second-order valence-electron chi connectivity index (χ2n) is 5.08. The van der Waals surface area contributed by atoms with Crippen molar-refractivity contribution in [3.8, 4) is 5.75 Å². The van der Waals surface area contributed by atoms with Gasteiger partial charge in [-0.1, -0.05) is 0 Å². The summed E-state index contributed by atoms with van der Waals surface area (Å²) in [5, 5.41) is 25.1. The minimum absolute atomic E-state index is 0.0397. The van der Waals surface area contributed by atoms with Crippen molar-refractivity contribution in [2.75, 3.05) is 6.61 Å². The van der Waals surface area contributed by atoms with E-state index in [0.717, 1.165) is 0 Å². The van der Waals surface area contributed by atoms with E-state index in [1.165, 1.54) is 48.5 Å². The first-order valence-electron chi connectivity index (χ1n) is 7.32. The first kappa shape index (κ1) is 18.5. The van der Waals surface area contributed by atoms with Crippen molar-refractivity contribution in [1.82, 2.24) is 5.43 Å². The number of non-ortho nitro benzene ring substituents is 2. The first-order chi connectivity index (χ1) is 12.4. The van der Waals surface area contributed by atoms with E-state index in [1.54, 1.807) is 6.92 Å². The first-order valence-corrected chi connectivity index (χ1v) is 7.32. The van der Waals surface area contributed by atoms with Gasteiger partial charge in [0.2, 0.25) is 0 Å². The van der Waals surface area contributed by atoms with Crippen molar-refractivity contribution in [2.24, 2.45) is 5.10 Å². The van der Waals surface area contributed by atoms with E-state index in [1.807, 2.05) is 0 Å². The van der Waals surface area contributed by atoms with Gasteiger partial charge in [0.25, 0.3) is 17.3 Å². The van der Waals surface area contributed by atoms with E-state index < -0.39 is 15.8 Å². The predicted molar refractivity (Wildman–Crippen MR) is 92.0 cm³/mol. The Bertz CT molecular complexity index is 846. The van der Waals surface area contributed by atoms with Crippen LogP contribution in [0.5, 0.6) is 5.75 Å². The summed E-state index contributed by atoms with van der Waals surface area (Å²) in [7, 11) is 0. The summed E-state index contributed by atoms with van der Waals surface area (Å²) < 4.78 is 5.20. The van der Waals surface area contributed by atoms with Crippen LogP contribution in [0.2, 0.25) is 0 Å². The van der Waals surface area contributed by atoms with Crippen LogP contribution >= 0.6 is 0 Å². The molecule has 0 aliphatic carbocycles. The Hall–Kier alpha value is -3.82. The average molecular weight is 358 g/mol. The number of nitrogens with one attached hydrogen (secondary N) is 1. The van der Waals surface area contributed by atoms with Crippen LogP contribution in [-0.2, 0) is 4.79 Å². The van der Waals surface area contributed by atoms with Crippen LogP contribution in [0.15, 0.2) is 53.6 Å². The van der Waals surface area contributed by atoms with Gasteiger partial charge >= 0.3 is 0 Å². The highest BCUT2D eigenvalue weighted by Crippen LogP contribution is 2.17. The number of nitrogens with zero attached hydrogens (tertiary/aromatic N) is 3. The smallest absolute Gasteiger partial charge is 0.277 e. The van der Waals surface area contributed by atoms with Gasteiger partial charge in [-0.05, 0) is 36.8 Å². The third-order valence-electron chi connectivity index (χ3n) is 3.26. The summed E-state index contributed by atoms with van der Waals surface area (Å²) in [6.07, 6.45) is 0. The summed E-state index contributed by atoms with van der Waals surface area (Å²) in [6.45, 7) is 1.31. The summed E-state index contributed by atoms with van der Waals surface area (Å²) in [5.41, 5.74) is 3.26. The number of ether oxygens (including phenoxy) is 1. The molecule has 0 spiro atoms. The molecule has 0 aliphatic rings. The zero-order valence-corrected chi connectivity index (χ0v) is 13.6. The summed E-state index contributed by atoms with van der Waals surface area (Å²) in [5.74, 6) is -0.216. The minimum Gasteiger partial charge on any atom is -0.484 e. The molecule has 0 aliphatic heterocycles. The molecule has 0 saturated carbocycles. The number of rotatable bonds is 7. The van der Waals surface area contributed by atoms with Crippen molar-refractivity contribution in [2.45, 2.75) is 6.92 Å². The number of hydrazone groups is 1. The van der Waals surface area contributed by atoms with Crippen molar-refractivity contribution < 1.29 is 19.4 Å². The molecule has 0 saturated heterocycles. The maximum absolute atomic E-state index is 11.7. The monoisotopic (exact) mass is 358 g/mol. The number of hydrogen-bond acceptors (Lipinski definition) is 7. The Kier molecular flexibility index (Phi) is 5.93. The zero-order chi connectivity index (χ0) is 19.1. The van der Waals surface area contributed by atoms with Crippen LogP contribution in [0, 0.1) is 20.2 Å². The molecule has 0 atom stereocenters. The van der Waals surface area contributed by atoms with Crippen LogP contribution in [0.3, 0.4) is 0 Å². The Morgan fingerprint density at radius 1 is 1.00 bits per heavy atom. The molecule has 1 amide bonds. The van der Waals surface area contributed by atoms with E-state index in [-0.39, 0.29) is 18.0 Å². The van der Waals surface area contributed by atoms with Crippen LogP contribution in [0.4, 0.5) is 11.4 Å². The highest BCUT2D eigenvalue weighted by atomic mass is 16.6. The number of hydrogen-bond donors (Lipinski definition) is 1. The standard InChI is InChI=1S/C16H14N4O6/c1-11(12-2-4-13(5-3-12)19(22)23)17-18-16(21)10-26-15-8-6-14(7-9-15)20(24)25/h2-9H,10H2,1H3,(H,18,21). The average Bonchev–Trinajstić information content (AvgIpc) is 2.64. The number of carbonyl (C=O) groups excluding carboxylic acids is 1. The zero-order valence-electron chi connectivity index (χ0n) is 13.6. The molecule has 2 aromatic carbocycles. The van der Waals surface area contributed by atoms with Crippen molar-refractivity contribution >= 4 is 23.0 Å². The molecule has 0 bridgehead atoms. The fourth-order valence-electron chi connectivity index (χ4n) is 1.88. The van der Waals surface area contributed by atoms with Gasteiger partial charge in [0, 0.05) is 24.3 Å². The Labute approximate surface area is 147 Å². The maximum Gasteiger partial charge on any atom is 0.277 e. The topological polar surface area (TPSA) is 137 Å². The third kappa shape index (κ3) is 5.09. The van der Waals surface area contributed by atoms with Gasteiger partial charge in [0.1, 0.15) is 5.75 Å². The molecule has 0 fully saturated rings. The highest BCUT2D eigenvalue weighted by molar-refractivity contribution is 5.99. The van der Waals surface area contributed by atoms with Gasteiger partial charge in [0.05, 0.1) is 15.6 Å². The van der Waals surface area contributed by atoms with Gasteiger partial charge in [-0.25, -0.2) is 5.43 Å². The molecular formula is C16H14N4O6. The maximum atomic E-state index is 11.7. The number of amides is 1. The fraction of sp³-hybridized carbons (Fsp3) is 0.125. The normalized spacial score (nSPS) is 10.9. The van der Waals surface area contributed by atoms with Crippen molar-refractivity contribution in [1.29, 1.82) is 0 Å². The van der Waals surface area contributed by atoms with Crippen LogP contribution < -0.4 is 10.2 Å². The number of benzene rings is 2. The quantitative estimate of drug-likeness (QED) is 0.458. The Morgan fingerprint density at radius 2 is 1.50 bits per heavy atom. The molecule has 1 N–H and O–H groups in total. The molecular weight excluding hydrogens is 344 g/mol. The lowest BCUT2D eigenvalue weighted by Crippen LogP contribution is -2.25. The van der Waals surface area contributed by atoms with Gasteiger partial charge < -0.3 is 4.74 Å². The van der Waals surface area contributed by atoms with E-state index in [9.17, 15) is 25.0 Å². The number of nitro groups is 2. The molecule has 134 valence electrons. The molecule has 0 heterocycles. The lowest BCUT2D eigenvalue weighted by Gasteiger charge is -2.05. The summed E-state index contributed by atoms with van der Waals surface area (Å²) >= 11 is 0. The van der Waals surface area contributed by atoms with Crippen molar-refractivity contribution in [3.05, 3.63) is 74.3 Å². The van der Waals surface area contributed by atoms with Crippen molar-refractivity contribution in [3.63, 3.8) is 0 Å². The van der Waals surface area contributed by atoms with Gasteiger partial charge in [0.15, 0.2) is 6.61 Å². The van der Waals surface area contributed by atoms with E-state index in [0.29, 0.717) is 17.0 Å². The number of nitro benzene ring substituents is 2. The summed E-state index contributed by atoms with van der Waals surface area (Å²) in [4.78, 5) is 31.8. The molecule has 0 unspecified atom stereocenters. The molecule has 2 rings (SSSR count). The summed E-state index contributed by atoms with van der Waals surface area (Å²) in [6, 6.07) is 11.0. The number of carbonyl (C=O) groups is 1.